The van der Waals surface area contributed by atoms with Crippen LogP contribution in [0.1, 0.15) is 45.1 Å². The molecule has 1 aliphatic heterocycles. The van der Waals surface area contributed by atoms with E-state index in [2.05, 4.69) is 5.32 Å². The van der Waals surface area contributed by atoms with E-state index in [1.54, 1.807) is 11.8 Å². The number of nitrogens with one attached hydrogen (secondary N) is 1. The molecule has 0 radical (unpaired) electrons. The predicted octanol–water partition coefficient (Wildman–Crippen LogP) is 2.29. The lowest BCUT2D eigenvalue weighted by Crippen LogP contribution is -2.50. The minimum absolute atomic E-state index is 0.204. The van der Waals surface area contributed by atoms with E-state index in [1.165, 1.54) is 0 Å². The first-order chi connectivity index (χ1) is 12.0. The van der Waals surface area contributed by atoms with Crippen molar-refractivity contribution in [2.24, 2.45) is 0 Å². The Kier molecular flexibility index (Phi) is 4.79. The van der Waals surface area contributed by atoms with Gasteiger partial charge in [0.15, 0.2) is 0 Å². The predicted molar refractivity (Wildman–Crippen MR) is 93.6 cm³/mol. The van der Waals surface area contributed by atoms with Crippen LogP contribution in [0.2, 0.25) is 0 Å². The van der Waals surface area contributed by atoms with E-state index < -0.39 is 17.6 Å². The molecule has 1 saturated carbocycles. The summed E-state index contributed by atoms with van der Waals surface area (Å²) in [5.74, 6) is -0.448. The molecule has 3 rings (SSSR count). The minimum Gasteiger partial charge on any atom is -0.337 e. The van der Waals surface area contributed by atoms with E-state index in [1.807, 2.05) is 37.3 Å². The number of imide groups is 1. The monoisotopic (exact) mass is 343 g/mol. The number of nitrogens with zero attached hydrogens (tertiary/aromatic N) is 2. The highest BCUT2D eigenvalue weighted by molar-refractivity contribution is 6.09. The van der Waals surface area contributed by atoms with E-state index in [0.29, 0.717) is 25.9 Å². The van der Waals surface area contributed by atoms with Crippen molar-refractivity contribution in [3.63, 3.8) is 0 Å². The van der Waals surface area contributed by atoms with Crippen molar-refractivity contribution in [2.45, 2.75) is 57.7 Å². The summed E-state index contributed by atoms with van der Waals surface area (Å²) >= 11 is 0. The number of hydrogen-bond acceptors (Lipinski definition) is 3. The van der Waals surface area contributed by atoms with Crippen molar-refractivity contribution in [3.05, 3.63) is 35.9 Å². The van der Waals surface area contributed by atoms with Crippen LogP contribution in [-0.2, 0) is 16.1 Å². The van der Waals surface area contributed by atoms with Crippen molar-refractivity contribution in [1.82, 2.24) is 15.1 Å². The number of hydrogen-bond donors (Lipinski definition) is 1. The second-order valence-corrected chi connectivity index (χ2v) is 6.91. The fraction of sp³-hybridized carbons (Fsp3) is 0.526. The zero-order valence-electron chi connectivity index (χ0n) is 14.8. The normalized spacial score (nSPS) is 20.0. The molecule has 2 aliphatic rings. The third-order valence-electron chi connectivity index (χ3n) is 5.30. The summed E-state index contributed by atoms with van der Waals surface area (Å²) in [6.07, 6.45) is 3.18. The van der Waals surface area contributed by atoms with Gasteiger partial charge in [-0.3, -0.25) is 9.59 Å². The molecule has 0 bridgehead atoms. The van der Waals surface area contributed by atoms with Crippen molar-refractivity contribution in [2.75, 3.05) is 6.54 Å². The van der Waals surface area contributed by atoms with Gasteiger partial charge in [0.2, 0.25) is 5.91 Å². The Hall–Kier alpha value is -2.37. The SMILES string of the molecule is CCN(Cc1ccccc1)C(=O)C(C)N1C(=O)NC2(CCCC2)C1=O. The fourth-order valence-corrected chi connectivity index (χ4v) is 3.83. The average molecular weight is 343 g/mol. The smallest absolute Gasteiger partial charge is 0.325 e. The second-order valence-electron chi connectivity index (χ2n) is 6.91. The highest BCUT2D eigenvalue weighted by Gasteiger charge is 2.54. The lowest BCUT2D eigenvalue weighted by atomic mass is 9.97. The molecule has 1 atom stereocenters. The van der Waals surface area contributed by atoms with Gasteiger partial charge in [0.25, 0.3) is 5.91 Å². The molecule has 6 nitrogen and oxygen atoms in total. The van der Waals surface area contributed by atoms with Gasteiger partial charge in [-0.05, 0) is 32.3 Å². The molecule has 25 heavy (non-hydrogen) atoms. The van der Waals surface area contributed by atoms with Gasteiger partial charge < -0.3 is 10.2 Å². The van der Waals surface area contributed by atoms with Crippen LogP contribution in [0.3, 0.4) is 0 Å². The standard InChI is InChI=1S/C19H25N3O3/c1-3-21(13-15-9-5-4-6-10-15)16(23)14(2)22-17(24)19(20-18(22)25)11-7-8-12-19/h4-6,9-10,14H,3,7-8,11-13H2,1-2H3,(H,20,25). The summed E-state index contributed by atoms with van der Waals surface area (Å²) in [7, 11) is 0. The Balaban J connectivity index is 1.74. The van der Waals surface area contributed by atoms with Crippen LogP contribution in [0.4, 0.5) is 4.79 Å². The number of likely N-dealkylation sites (N-methyl/N-ethyl adjacent to an activating group) is 1. The summed E-state index contributed by atoms with van der Waals surface area (Å²) in [5, 5.41) is 2.84. The van der Waals surface area contributed by atoms with Gasteiger partial charge in [-0.25, -0.2) is 9.69 Å². The third kappa shape index (κ3) is 3.13. The van der Waals surface area contributed by atoms with Gasteiger partial charge in [-0.15, -0.1) is 0 Å². The molecule has 0 aromatic heterocycles. The van der Waals surface area contributed by atoms with E-state index in [-0.39, 0.29) is 11.8 Å². The van der Waals surface area contributed by atoms with Crippen LogP contribution >= 0.6 is 0 Å². The van der Waals surface area contributed by atoms with Crippen LogP contribution in [0.25, 0.3) is 0 Å². The number of carbonyl (C=O) groups excluding carboxylic acids is 3. The largest absolute Gasteiger partial charge is 0.337 e. The molecule has 1 saturated heterocycles. The average Bonchev–Trinajstić information content (AvgIpc) is 3.18. The number of amides is 4. The third-order valence-corrected chi connectivity index (χ3v) is 5.30. The van der Waals surface area contributed by atoms with Gasteiger partial charge in [0.1, 0.15) is 11.6 Å². The van der Waals surface area contributed by atoms with Crippen molar-refractivity contribution in [1.29, 1.82) is 0 Å². The maximum absolute atomic E-state index is 12.9. The van der Waals surface area contributed by atoms with E-state index in [9.17, 15) is 14.4 Å². The van der Waals surface area contributed by atoms with Gasteiger partial charge in [0.05, 0.1) is 0 Å². The highest BCUT2D eigenvalue weighted by atomic mass is 16.2. The molecule has 1 heterocycles. The van der Waals surface area contributed by atoms with Gasteiger partial charge >= 0.3 is 6.03 Å². The summed E-state index contributed by atoms with van der Waals surface area (Å²) in [5.41, 5.74) is 0.247. The first-order valence-corrected chi connectivity index (χ1v) is 8.97. The molecule has 6 heteroatoms. The van der Waals surface area contributed by atoms with E-state index in [0.717, 1.165) is 23.3 Å². The zero-order chi connectivity index (χ0) is 18.0. The molecule has 1 unspecified atom stereocenters. The Morgan fingerprint density at radius 2 is 1.88 bits per heavy atom. The van der Waals surface area contributed by atoms with Crippen LogP contribution in [0.15, 0.2) is 30.3 Å². The molecule has 1 aromatic carbocycles. The van der Waals surface area contributed by atoms with Gasteiger partial charge in [0, 0.05) is 13.1 Å². The number of urea groups is 1. The molecule has 1 aromatic rings. The van der Waals surface area contributed by atoms with Crippen molar-refractivity contribution >= 4 is 17.8 Å². The summed E-state index contributed by atoms with van der Waals surface area (Å²) in [6, 6.07) is 8.47. The molecule has 134 valence electrons. The second kappa shape index (κ2) is 6.86. The van der Waals surface area contributed by atoms with Crippen LogP contribution in [0.5, 0.6) is 0 Å². The quantitative estimate of drug-likeness (QED) is 0.834. The van der Waals surface area contributed by atoms with Crippen molar-refractivity contribution < 1.29 is 14.4 Å². The van der Waals surface area contributed by atoms with Gasteiger partial charge in [-0.2, -0.15) is 0 Å². The van der Waals surface area contributed by atoms with E-state index in [4.69, 9.17) is 0 Å². The molecule has 4 amide bonds. The van der Waals surface area contributed by atoms with Crippen LogP contribution in [0, 0.1) is 0 Å². The lowest BCUT2D eigenvalue weighted by molar-refractivity contribution is -0.143. The fourth-order valence-electron chi connectivity index (χ4n) is 3.83. The molecule has 2 fully saturated rings. The minimum atomic E-state index is -0.795. The highest BCUT2D eigenvalue weighted by Crippen LogP contribution is 2.35. The van der Waals surface area contributed by atoms with Gasteiger partial charge in [-0.1, -0.05) is 43.2 Å². The molecular formula is C19H25N3O3. The Bertz CT molecular complexity index is 668. The lowest BCUT2D eigenvalue weighted by Gasteiger charge is -2.29. The van der Waals surface area contributed by atoms with E-state index >= 15 is 0 Å². The summed E-state index contributed by atoms with van der Waals surface area (Å²) in [4.78, 5) is 40.9. The number of benzene rings is 1. The molecule has 1 aliphatic carbocycles. The maximum Gasteiger partial charge on any atom is 0.325 e. The maximum atomic E-state index is 12.9. The molecule has 1 spiro atoms. The Labute approximate surface area is 148 Å². The van der Waals surface area contributed by atoms with Crippen molar-refractivity contribution in [3.8, 4) is 0 Å². The first-order valence-electron chi connectivity index (χ1n) is 8.97. The molecular weight excluding hydrogens is 318 g/mol. The first kappa shape index (κ1) is 17.5. The Morgan fingerprint density at radius 1 is 1.24 bits per heavy atom. The summed E-state index contributed by atoms with van der Waals surface area (Å²) in [6.45, 7) is 4.53. The summed E-state index contributed by atoms with van der Waals surface area (Å²) < 4.78 is 0. The van der Waals surface area contributed by atoms with Crippen LogP contribution in [-0.4, -0.2) is 45.8 Å². The number of rotatable bonds is 5. The molecule has 1 N–H and O–H groups in total. The topological polar surface area (TPSA) is 69.7 Å². The number of carbonyl (C=O) groups is 3. The van der Waals surface area contributed by atoms with Crippen LogP contribution < -0.4 is 5.32 Å². The Morgan fingerprint density at radius 3 is 2.48 bits per heavy atom. The zero-order valence-corrected chi connectivity index (χ0v) is 14.8.